The van der Waals surface area contributed by atoms with Crippen LogP contribution in [0.15, 0.2) is 18.2 Å². The molecule has 4 heteroatoms. The van der Waals surface area contributed by atoms with Crippen molar-refractivity contribution in [2.75, 3.05) is 20.4 Å². The molecule has 2 N–H and O–H groups in total. The molecular formula is C12H18FNO2. The molecule has 0 aliphatic rings. The molecule has 0 radical (unpaired) electrons. The van der Waals surface area contributed by atoms with Gasteiger partial charge in [-0.2, -0.15) is 0 Å². The molecule has 0 aliphatic heterocycles. The van der Waals surface area contributed by atoms with Gasteiger partial charge in [-0.15, -0.1) is 0 Å². The molecule has 0 fully saturated rings. The van der Waals surface area contributed by atoms with E-state index in [2.05, 4.69) is 0 Å². The van der Waals surface area contributed by atoms with Gasteiger partial charge < -0.3 is 15.2 Å². The number of ether oxygens (including phenoxy) is 2. The predicted octanol–water partition coefficient (Wildman–Crippen LogP) is 2.45. The van der Waals surface area contributed by atoms with Crippen molar-refractivity contribution in [3.63, 3.8) is 0 Å². The summed E-state index contributed by atoms with van der Waals surface area (Å²) in [6, 6.07) is 5.14. The number of hydrogen-bond donors (Lipinski definition) is 1. The lowest BCUT2D eigenvalue weighted by Crippen LogP contribution is -2.11. The van der Waals surface area contributed by atoms with E-state index in [9.17, 15) is 4.39 Å². The van der Waals surface area contributed by atoms with Crippen molar-refractivity contribution >= 4 is 0 Å². The number of nitrogens with two attached hydrogens (primary N) is 1. The summed E-state index contributed by atoms with van der Waals surface area (Å²) in [5, 5.41) is 0. The predicted molar refractivity (Wildman–Crippen MR) is 61.7 cm³/mol. The maximum atomic E-state index is 12.2. The second-order valence-corrected chi connectivity index (χ2v) is 3.43. The summed E-state index contributed by atoms with van der Waals surface area (Å²) >= 11 is 0. The minimum absolute atomic E-state index is 0.296. The van der Waals surface area contributed by atoms with Crippen LogP contribution in [-0.2, 0) is 0 Å². The molecule has 0 amide bonds. The molecule has 1 atom stereocenters. The Hall–Kier alpha value is -1.29. The topological polar surface area (TPSA) is 44.5 Å². The van der Waals surface area contributed by atoms with Crippen LogP contribution in [0.5, 0.6) is 11.5 Å². The number of benzene rings is 1. The van der Waals surface area contributed by atoms with E-state index in [1.54, 1.807) is 13.2 Å². The summed E-state index contributed by atoms with van der Waals surface area (Å²) in [5.74, 6) is 1.31. The van der Waals surface area contributed by atoms with Crippen LogP contribution in [0.1, 0.15) is 24.9 Å². The lowest BCUT2D eigenvalue weighted by atomic mass is 10.0. The molecule has 0 aromatic heterocycles. The molecule has 0 unspecified atom stereocenters. The fourth-order valence-corrected chi connectivity index (χ4v) is 1.48. The van der Waals surface area contributed by atoms with Crippen LogP contribution in [0.25, 0.3) is 0 Å². The standard InChI is InChI=1S/C12H18FNO2/c1-3-16-12-8-9(10(14)6-7-13)4-5-11(12)15-2/h4-5,8,10H,3,6-7,14H2,1-2H3/t10-/m0/s1. The minimum atomic E-state index is -0.419. The Labute approximate surface area is 95.4 Å². The fraction of sp³-hybridized carbons (Fsp3) is 0.500. The summed E-state index contributed by atoms with van der Waals surface area (Å²) in [6.07, 6.45) is 0.317. The van der Waals surface area contributed by atoms with Crippen LogP contribution >= 0.6 is 0 Å². The summed E-state index contributed by atoms with van der Waals surface area (Å²) in [4.78, 5) is 0. The van der Waals surface area contributed by atoms with Crippen LogP contribution in [0.3, 0.4) is 0 Å². The highest BCUT2D eigenvalue weighted by Crippen LogP contribution is 2.30. The first-order valence-electron chi connectivity index (χ1n) is 5.35. The summed E-state index contributed by atoms with van der Waals surface area (Å²) in [5.41, 5.74) is 6.69. The smallest absolute Gasteiger partial charge is 0.161 e. The van der Waals surface area contributed by atoms with E-state index in [1.165, 1.54) is 0 Å². The molecule has 0 bridgehead atoms. The molecular weight excluding hydrogens is 209 g/mol. The third-order valence-electron chi connectivity index (χ3n) is 2.34. The second kappa shape index (κ2) is 6.33. The van der Waals surface area contributed by atoms with Gasteiger partial charge in [0.15, 0.2) is 11.5 Å². The zero-order valence-corrected chi connectivity index (χ0v) is 9.70. The molecule has 16 heavy (non-hydrogen) atoms. The molecule has 0 saturated carbocycles. The number of hydrogen-bond acceptors (Lipinski definition) is 3. The molecule has 0 aliphatic carbocycles. The van der Waals surface area contributed by atoms with Crippen molar-refractivity contribution in [2.24, 2.45) is 5.73 Å². The quantitative estimate of drug-likeness (QED) is 0.811. The minimum Gasteiger partial charge on any atom is -0.493 e. The molecule has 0 spiro atoms. The van der Waals surface area contributed by atoms with Crippen LogP contribution in [0, 0.1) is 0 Å². The molecule has 1 aromatic carbocycles. The van der Waals surface area contributed by atoms with Gasteiger partial charge in [0, 0.05) is 6.04 Å². The third-order valence-corrected chi connectivity index (χ3v) is 2.34. The fourth-order valence-electron chi connectivity index (χ4n) is 1.48. The van der Waals surface area contributed by atoms with Gasteiger partial charge in [0.2, 0.25) is 0 Å². The van der Waals surface area contributed by atoms with Gasteiger partial charge in [-0.05, 0) is 31.0 Å². The Morgan fingerprint density at radius 3 is 2.69 bits per heavy atom. The van der Waals surface area contributed by atoms with Gasteiger partial charge in [0.1, 0.15) is 0 Å². The lowest BCUT2D eigenvalue weighted by molar-refractivity contribution is 0.310. The van der Waals surface area contributed by atoms with Crippen LogP contribution in [-0.4, -0.2) is 20.4 Å². The largest absolute Gasteiger partial charge is 0.493 e. The highest BCUT2D eigenvalue weighted by Gasteiger charge is 2.10. The molecule has 0 saturated heterocycles. The van der Waals surface area contributed by atoms with E-state index in [1.807, 2.05) is 19.1 Å². The van der Waals surface area contributed by atoms with Crippen LogP contribution in [0.4, 0.5) is 4.39 Å². The van der Waals surface area contributed by atoms with E-state index in [0.29, 0.717) is 24.5 Å². The maximum absolute atomic E-state index is 12.2. The number of rotatable bonds is 6. The zero-order chi connectivity index (χ0) is 12.0. The van der Waals surface area contributed by atoms with E-state index < -0.39 is 6.67 Å². The number of alkyl halides is 1. The lowest BCUT2D eigenvalue weighted by Gasteiger charge is -2.14. The van der Waals surface area contributed by atoms with Crippen molar-refractivity contribution in [3.05, 3.63) is 23.8 Å². The maximum Gasteiger partial charge on any atom is 0.161 e. The average Bonchev–Trinajstić information content (AvgIpc) is 2.29. The average molecular weight is 227 g/mol. The van der Waals surface area contributed by atoms with Crippen molar-refractivity contribution in [3.8, 4) is 11.5 Å². The molecule has 3 nitrogen and oxygen atoms in total. The first kappa shape index (κ1) is 12.8. The Bertz CT molecular complexity index is 331. The molecule has 1 rings (SSSR count). The van der Waals surface area contributed by atoms with E-state index in [-0.39, 0.29) is 6.04 Å². The summed E-state index contributed by atoms with van der Waals surface area (Å²) in [6.45, 7) is 2.03. The Morgan fingerprint density at radius 2 is 2.12 bits per heavy atom. The highest BCUT2D eigenvalue weighted by atomic mass is 19.1. The Morgan fingerprint density at radius 1 is 1.38 bits per heavy atom. The zero-order valence-electron chi connectivity index (χ0n) is 9.70. The molecule has 90 valence electrons. The van der Waals surface area contributed by atoms with E-state index >= 15 is 0 Å². The monoisotopic (exact) mass is 227 g/mol. The molecule has 1 aromatic rings. The summed E-state index contributed by atoms with van der Waals surface area (Å²) in [7, 11) is 1.58. The Kier molecular flexibility index (Phi) is 5.05. The van der Waals surface area contributed by atoms with Gasteiger partial charge in [-0.3, -0.25) is 4.39 Å². The van der Waals surface area contributed by atoms with E-state index in [4.69, 9.17) is 15.2 Å². The van der Waals surface area contributed by atoms with E-state index in [0.717, 1.165) is 5.56 Å². The van der Waals surface area contributed by atoms with Gasteiger partial charge >= 0.3 is 0 Å². The second-order valence-electron chi connectivity index (χ2n) is 3.43. The third kappa shape index (κ3) is 3.10. The van der Waals surface area contributed by atoms with Gasteiger partial charge in [-0.25, -0.2) is 0 Å². The summed E-state index contributed by atoms with van der Waals surface area (Å²) < 4.78 is 22.8. The highest BCUT2D eigenvalue weighted by molar-refractivity contribution is 5.43. The van der Waals surface area contributed by atoms with Crippen molar-refractivity contribution in [2.45, 2.75) is 19.4 Å². The van der Waals surface area contributed by atoms with Crippen LogP contribution < -0.4 is 15.2 Å². The first-order valence-corrected chi connectivity index (χ1v) is 5.35. The van der Waals surface area contributed by atoms with Crippen molar-refractivity contribution in [1.82, 2.24) is 0 Å². The SMILES string of the molecule is CCOc1cc([C@@H](N)CCF)ccc1OC. The number of methoxy groups -OCH3 is 1. The van der Waals surface area contributed by atoms with Crippen molar-refractivity contribution < 1.29 is 13.9 Å². The first-order chi connectivity index (χ1) is 7.72. The van der Waals surface area contributed by atoms with Gasteiger partial charge in [0.05, 0.1) is 20.4 Å². The van der Waals surface area contributed by atoms with Crippen molar-refractivity contribution in [1.29, 1.82) is 0 Å². The van der Waals surface area contributed by atoms with Crippen LogP contribution in [0.2, 0.25) is 0 Å². The number of halogens is 1. The van der Waals surface area contributed by atoms with Gasteiger partial charge in [0.25, 0.3) is 0 Å². The molecule has 0 heterocycles. The normalized spacial score (nSPS) is 12.2. The Balaban J connectivity index is 2.91. The van der Waals surface area contributed by atoms with Gasteiger partial charge in [-0.1, -0.05) is 6.07 Å².